The molecule has 1 saturated heterocycles. The number of aliphatic hydroxyl groups excluding tert-OH is 1. The topological polar surface area (TPSA) is 108 Å². The highest BCUT2D eigenvalue weighted by atomic mass is 35.5. The lowest BCUT2D eigenvalue weighted by Crippen LogP contribution is -2.53. The Morgan fingerprint density at radius 1 is 1.22 bits per heavy atom. The number of rotatable bonds is 9. The maximum Gasteiger partial charge on any atom is 0.304 e. The molecule has 2 heterocycles. The Bertz CT molecular complexity index is 1570. The van der Waals surface area contributed by atoms with E-state index < -0.39 is 28.3 Å². The van der Waals surface area contributed by atoms with E-state index in [0.717, 1.165) is 42.8 Å². The van der Waals surface area contributed by atoms with Gasteiger partial charge in [0.2, 0.25) is 0 Å². The fourth-order valence-corrected chi connectivity index (χ4v) is 9.07. The van der Waals surface area contributed by atoms with Crippen LogP contribution in [-0.2, 0) is 26.8 Å². The zero-order valence-electron chi connectivity index (χ0n) is 25.5. The van der Waals surface area contributed by atoms with E-state index in [9.17, 15) is 18.3 Å². The van der Waals surface area contributed by atoms with Crippen LogP contribution in [0, 0.1) is 11.8 Å². The summed E-state index contributed by atoms with van der Waals surface area (Å²) in [7, 11) is -4.12. The van der Waals surface area contributed by atoms with Gasteiger partial charge in [-0.25, -0.2) is 4.72 Å². The van der Waals surface area contributed by atoms with Crippen LogP contribution in [0.5, 0.6) is 5.75 Å². The summed E-state index contributed by atoms with van der Waals surface area (Å²) in [5.74, 6) is 0.279. The van der Waals surface area contributed by atoms with E-state index in [2.05, 4.69) is 34.9 Å². The molecule has 2 N–H and O–H groups in total. The van der Waals surface area contributed by atoms with Crippen molar-refractivity contribution in [3.63, 3.8) is 0 Å². The number of morpholine rings is 1. The number of anilines is 1. The number of nitrogens with zero attached hydrogens (tertiary/aromatic N) is 2. The highest BCUT2D eigenvalue weighted by Crippen LogP contribution is 2.46. The van der Waals surface area contributed by atoms with Gasteiger partial charge in [0.15, 0.2) is 0 Å². The van der Waals surface area contributed by atoms with Gasteiger partial charge in [-0.1, -0.05) is 29.8 Å². The van der Waals surface area contributed by atoms with Crippen molar-refractivity contribution in [2.75, 3.05) is 44.4 Å². The van der Waals surface area contributed by atoms with Gasteiger partial charge in [-0.05, 0) is 91.8 Å². The van der Waals surface area contributed by atoms with Gasteiger partial charge in [-0.3, -0.25) is 4.79 Å². The summed E-state index contributed by atoms with van der Waals surface area (Å²) in [4.78, 5) is 15.8. The Hall–Kier alpha value is -2.89. The van der Waals surface area contributed by atoms with Gasteiger partial charge in [0.25, 0.3) is 5.91 Å². The lowest BCUT2D eigenvalue weighted by molar-refractivity contribution is 0.0331. The molecule has 2 aromatic carbocycles. The molecule has 11 heteroatoms. The molecule has 2 aliphatic carbocycles. The molecule has 242 valence electrons. The SMILES string of the molecule is C=CC[C@@H]1COCCN1S(=O)(=O)NC(=O)c1ccc2c(c1)N(C[C@@H]1CC[C@H]1[C@@H](O)C=C)C[C@@]1(CCCc3cc(Cl)ccc31)CO2. The fraction of sp³-hybridized carbons (Fsp3) is 0.500. The third-order valence-corrected chi connectivity index (χ3v) is 11.8. The minimum absolute atomic E-state index is 0.108. The number of amides is 1. The maximum absolute atomic E-state index is 13.5. The summed E-state index contributed by atoms with van der Waals surface area (Å²) in [6.07, 6.45) is 7.89. The Balaban J connectivity index is 1.32. The molecule has 5 atom stereocenters. The molecule has 0 bridgehead atoms. The van der Waals surface area contributed by atoms with Crippen molar-refractivity contribution in [3.05, 3.63) is 83.4 Å². The first kappa shape index (κ1) is 32.1. The van der Waals surface area contributed by atoms with Crippen LogP contribution in [0.2, 0.25) is 5.02 Å². The van der Waals surface area contributed by atoms with Crippen LogP contribution in [0.25, 0.3) is 0 Å². The number of hydrogen-bond donors (Lipinski definition) is 2. The molecule has 9 nitrogen and oxygen atoms in total. The van der Waals surface area contributed by atoms with Gasteiger partial charge < -0.3 is 19.5 Å². The van der Waals surface area contributed by atoms with E-state index in [1.165, 1.54) is 15.4 Å². The van der Waals surface area contributed by atoms with Crippen molar-refractivity contribution in [3.8, 4) is 5.75 Å². The minimum Gasteiger partial charge on any atom is -0.490 e. The molecule has 0 radical (unpaired) electrons. The number of fused-ring (bicyclic) bond motifs is 3. The molecule has 4 aliphatic rings. The van der Waals surface area contributed by atoms with E-state index in [1.54, 1.807) is 30.4 Å². The molecule has 1 spiro atoms. The summed E-state index contributed by atoms with van der Waals surface area (Å²) in [5.41, 5.74) is 3.14. The van der Waals surface area contributed by atoms with Crippen LogP contribution in [0.3, 0.4) is 0 Å². The smallest absolute Gasteiger partial charge is 0.304 e. The number of carbonyl (C=O) groups excluding carboxylic acids is 1. The summed E-state index contributed by atoms with van der Waals surface area (Å²) in [5, 5.41) is 11.3. The van der Waals surface area contributed by atoms with Crippen molar-refractivity contribution in [2.45, 2.75) is 56.1 Å². The number of aryl methyl sites for hydroxylation is 1. The highest BCUT2D eigenvalue weighted by Gasteiger charge is 2.44. The van der Waals surface area contributed by atoms with Crippen molar-refractivity contribution in [1.82, 2.24) is 9.03 Å². The lowest BCUT2D eigenvalue weighted by atomic mass is 9.68. The van der Waals surface area contributed by atoms with Gasteiger partial charge >= 0.3 is 10.2 Å². The van der Waals surface area contributed by atoms with Crippen molar-refractivity contribution < 1.29 is 27.8 Å². The van der Waals surface area contributed by atoms with E-state index in [-0.39, 0.29) is 42.6 Å². The summed E-state index contributed by atoms with van der Waals surface area (Å²) in [6.45, 7) is 9.97. The van der Waals surface area contributed by atoms with Gasteiger partial charge in [0, 0.05) is 35.6 Å². The minimum atomic E-state index is -4.12. The first-order valence-corrected chi connectivity index (χ1v) is 17.6. The zero-order valence-corrected chi connectivity index (χ0v) is 27.1. The van der Waals surface area contributed by atoms with Crippen LogP contribution < -0.4 is 14.4 Å². The lowest BCUT2D eigenvalue weighted by Gasteiger charge is -2.45. The predicted octanol–water partition coefficient (Wildman–Crippen LogP) is 4.64. The second-order valence-corrected chi connectivity index (χ2v) is 14.9. The van der Waals surface area contributed by atoms with E-state index in [1.807, 2.05) is 6.07 Å². The van der Waals surface area contributed by atoms with Gasteiger partial charge in [-0.15, -0.1) is 13.2 Å². The molecule has 1 amide bonds. The molecular formula is C34H42ClN3O6S. The molecule has 2 aliphatic heterocycles. The van der Waals surface area contributed by atoms with E-state index in [4.69, 9.17) is 21.1 Å². The van der Waals surface area contributed by atoms with Crippen molar-refractivity contribution in [1.29, 1.82) is 0 Å². The first-order chi connectivity index (χ1) is 21.6. The van der Waals surface area contributed by atoms with E-state index in [0.29, 0.717) is 31.9 Å². The molecule has 1 saturated carbocycles. The molecule has 2 aromatic rings. The monoisotopic (exact) mass is 655 g/mol. The Morgan fingerprint density at radius 3 is 2.82 bits per heavy atom. The number of ether oxygens (including phenoxy) is 2. The van der Waals surface area contributed by atoms with Crippen LogP contribution in [0.1, 0.15) is 53.6 Å². The Labute approximate surface area is 271 Å². The van der Waals surface area contributed by atoms with Crippen molar-refractivity contribution in [2.24, 2.45) is 11.8 Å². The van der Waals surface area contributed by atoms with Gasteiger partial charge in [0.1, 0.15) is 5.75 Å². The maximum atomic E-state index is 13.5. The normalized spacial score (nSPS) is 27.2. The standard InChI is InChI=1S/C34H42ClN3O6S/c1-3-6-27-20-43-16-15-38(27)45(41,42)36-33(40)24-9-13-32-30(18-24)37(19-25-8-11-28(25)31(39)4-2)21-34(22-44-32)14-5-7-23-17-26(35)10-12-29(23)34/h3-4,9-10,12-13,17-18,25,27-28,31,39H,1-2,5-8,11,14-16,19-22H2,(H,36,40)/t25-,27+,28+,31-,34-/m0/s1. The number of halogens is 1. The molecule has 0 aromatic heterocycles. The fourth-order valence-electron chi connectivity index (χ4n) is 7.55. The molecule has 45 heavy (non-hydrogen) atoms. The Morgan fingerprint density at radius 2 is 2.07 bits per heavy atom. The first-order valence-electron chi connectivity index (χ1n) is 15.8. The third-order valence-electron chi connectivity index (χ3n) is 10.1. The largest absolute Gasteiger partial charge is 0.490 e. The second kappa shape index (κ2) is 13.1. The zero-order chi connectivity index (χ0) is 31.8. The number of hydrogen-bond acceptors (Lipinski definition) is 7. The van der Waals surface area contributed by atoms with Crippen LogP contribution >= 0.6 is 11.6 Å². The highest BCUT2D eigenvalue weighted by molar-refractivity contribution is 7.87. The van der Waals surface area contributed by atoms with Crippen molar-refractivity contribution >= 4 is 33.4 Å². The molecule has 6 rings (SSSR count). The number of benzene rings is 2. The summed E-state index contributed by atoms with van der Waals surface area (Å²) >= 11 is 6.39. The number of aliphatic hydroxyl groups is 1. The van der Waals surface area contributed by atoms with Crippen LogP contribution in [0.15, 0.2) is 61.7 Å². The third kappa shape index (κ3) is 6.40. The Kier molecular flexibility index (Phi) is 9.32. The predicted molar refractivity (Wildman–Crippen MR) is 175 cm³/mol. The van der Waals surface area contributed by atoms with E-state index >= 15 is 0 Å². The van der Waals surface area contributed by atoms with Gasteiger partial charge in [0.05, 0.1) is 37.7 Å². The number of carbonyl (C=O) groups is 1. The quantitative estimate of drug-likeness (QED) is 0.379. The molecular weight excluding hydrogens is 614 g/mol. The molecule has 2 fully saturated rings. The summed E-state index contributed by atoms with van der Waals surface area (Å²) < 4.78 is 42.3. The number of nitrogens with one attached hydrogen (secondary N) is 1. The average molecular weight is 656 g/mol. The van der Waals surface area contributed by atoms with Crippen LogP contribution in [-0.4, -0.2) is 75.3 Å². The molecule has 0 unspecified atom stereocenters. The second-order valence-electron chi connectivity index (χ2n) is 12.8. The van der Waals surface area contributed by atoms with Crippen LogP contribution in [0.4, 0.5) is 5.69 Å². The van der Waals surface area contributed by atoms with Gasteiger partial charge in [-0.2, -0.15) is 12.7 Å². The summed E-state index contributed by atoms with van der Waals surface area (Å²) in [6, 6.07) is 10.8. The average Bonchev–Trinajstić information content (AvgIpc) is 3.16.